The van der Waals surface area contributed by atoms with E-state index in [-0.39, 0.29) is 24.1 Å². The number of Topliss-reactive ketones (excluding diaryl/α,β-unsaturated/α-hetero) is 1. The van der Waals surface area contributed by atoms with Crippen molar-refractivity contribution in [1.29, 1.82) is 0 Å². The molecule has 1 amide bonds. The lowest BCUT2D eigenvalue weighted by Gasteiger charge is -2.25. The van der Waals surface area contributed by atoms with E-state index in [2.05, 4.69) is 0 Å². The topological polar surface area (TPSA) is 54.5 Å². The fraction of sp³-hybridized carbons (Fsp3) is 0.250. The first-order chi connectivity index (χ1) is 12.8. The van der Waals surface area contributed by atoms with Gasteiger partial charge in [-0.05, 0) is 18.9 Å². The van der Waals surface area contributed by atoms with Crippen LogP contribution in [0.25, 0.3) is 0 Å². The summed E-state index contributed by atoms with van der Waals surface area (Å²) >= 11 is 0. The lowest BCUT2D eigenvalue weighted by molar-refractivity contribution is -0.175. The number of likely N-dealkylation sites (tertiary alicyclic amines) is 1. The van der Waals surface area contributed by atoms with Crippen molar-refractivity contribution in [2.75, 3.05) is 6.54 Å². The van der Waals surface area contributed by atoms with Gasteiger partial charge in [0.25, 0.3) is 11.7 Å². The van der Waals surface area contributed by atoms with E-state index in [4.69, 9.17) is 0 Å². The molecule has 1 saturated heterocycles. The van der Waals surface area contributed by atoms with E-state index in [1.807, 2.05) is 0 Å². The molecule has 1 unspecified atom stereocenters. The molecule has 0 bridgehead atoms. The van der Waals surface area contributed by atoms with Crippen LogP contribution in [0.3, 0.4) is 0 Å². The monoisotopic (exact) mass is 375 g/mol. The Morgan fingerprint density at radius 2 is 1.48 bits per heavy atom. The smallest absolute Gasteiger partial charge is 0.328 e. The van der Waals surface area contributed by atoms with Gasteiger partial charge in [-0.15, -0.1) is 0 Å². The van der Waals surface area contributed by atoms with Crippen molar-refractivity contribution in [3.63, 3.8) is 0 Å². The number of ketones is 2. The third kappa shape index (κ3) is 3.77. The van der Waals surface area contributed by atoms with E-state index < -0.39 is 29.7 Å². The Kier molecular flexibility index (Phi) is 5.12. The van der Waals surface area contributed by atoms with Gasteiger partial charge in [-0.3, -0.25) is 14.4 Å². The van der Waals surface area contributed by atoms with Crippen LogP contribution in [0.1, 0.15) is 39.1 Å². The van der Waals surface area contributed by atoms with Crippen LogP contribution in [0.15, 0.2) is 54.6 Å². The molecule has 0 radical (unpaired) electrons. The number of hydrogen-bond acceptors (Lipinski definition) is 3. The van der Waals surface area contributed by atoms with Crippen molar-refractivity contribution in [3.8, 4) is 0 Å². The highest BCUT2D eigenvalue weighted by Crippen LogP contribution is 2.29. The Balaban J connectivity index is 1.94. The zero-order valence-corrected chi connectivity index (χ0v) is 14.2. The second-order valence-electron chi connectivity index (χ2n) is 6.26. The van der Waals surface area contributed by atoms with E-state index in [9.17, 15) is 27.6 Å². The molecule has 1 atom stereocenters. The molecular weight excluding hydrogens is 359 g/mol. The van der Waals surface area contributed by atoms with Gasteiger partial charge in [0.2, 0.25) is 0 Å². The molecule has 2 aromatic rings. The summed E-state index contributed by atoms with van der Waals surface area (Å²) in [5.74, 6) is -3.08. The quantitative estimate of drug-likeness (QED) is 0.767. The molecule has 1 fully saturated rings. The minimum Gasteiger partial charge on any atom is -0.328 e. The number of carbonyl (C=O) groups is 3. The Morgan fingerprint density at radius 3 is 2.11 bits per heavy atom. The summed E-state index contributed by atoms with van der Waals surface area (Å²) in [6.45, 7) is 0.0409. The minimum absolute atomic E-state index is 0.00627. The van der Waals surface area contributed by atoms with Gasteiger partial charge in [0, 0.05) is 17.7 Å². The number of hydrogen-bond donors (Lipinski definition) is 0. The van der Waals surface area contributed by atoms with Gasteiger partial charge in [-0.25, -0.2) is 0 Å². The Morgan fingerprint density at radius 1 is 0.889 bits per heavy atom. The molecule has 140 valence electrons. The first-order valence-electron chi connectivity index (χ1n) is 8.41. The summed E-state index contributed by atoms with van der Waals surface area (Å²) in [7, 11) is 0. The number of halogens is 3. The van der Waals surface area contributed by atoms with Crippen LogP contribution >= 0.6 is 0 Å². The Bertz CT molecular complexity index is 878. The molecule has 0 saturated carbocycles. The SMILES string of the molecule is O=C(c1ccccc1)c1ccccc1C(=O)N1CCCC1C(=O)C(F)(F)F. The zero-order valence-electron chi connectivity index (χ0n) is 14.2. The molecule has 2 aromatic carbocycles. The highest BCUT2D eigenvalue weighted by atomic mass is 19.4. The summed E-state index contributed by atoms with van der Waals surface area (Å²) in [6, 6.07) is 12.7. The van der Waals surface area contributed by atoms with Gasteiger partial charge in [-0.2, -0.15) is 13.2 Å². The molecule has 1 aliphatic heterocycles. The average Bonchev–Trinajstić information content (AvgIpc) is 3.15. The molecular formula is C20H16F3NO3. The maximum absolute atomic E-state index is 12.9. The van der Waals surface area contributed by atoms with Crippen molar-refractivity contribution in [3.05, 3.63) is 71.3 Å². The number of benzene rings is 2. The molecule has 7 heteroatoms. The van der Waals surface area contributed by atoms with Gasteiger partial charge in [0.1, 0.15) is 6.04 Å². The van der Waals surface area contributed by atoms with Crippen molar-refractivity contribution in [2.24, 2.45) is 0 Å². The molecule has 0 spiro atoms. The van der Waals surface area contributed by atoms with E-state index in [0.29, 0.717) is 12.0 Å². The van der Waals surface area contributed by atoms with Crippen LogP contribution < -0.4 is 0 Å². The first kappa shape index (κ1) is 18.8. The highest BCUT2D eigenvalue weighted by molar-refractivity contribution is 6.15. The van der Waals surface area contributed by atoms with Gasteiger partial charge in [0.05, 0.1) is 5.56 Å². The fourth-order valence-corrected chi connectivity index (χ4v) is 3.24. The first-order valence-corrected chi connectivity index (χ1v) is 8.41. The van der Waals surface area contributed by atoms with Crippen molar-refractivity contribution >= 4 is 17.5 Å². The summed E-state index contributed by atoms with van der Waals surface area (Å²) in [6.07, 6.45) is -4.75. The lowest BCUT2D eigenvalue weighted by Crippen LogP contribution is -2.46. The van der Waals surface area contributed by atoms with Crippen LogP contribution in [-0.2, 0) is 4.79 Å². The van der Waals surface area contributed by atoms with Crippen LogP contribution in [0, 0.1) is 0 Å². The van der Waals surface area contributed by atoms with E-state index in [1.54, 1.807) is 36.4 Å². The maximum Gasteiger partial charge on any atom is 0.452 e. The minimum atomic E-state index is -5.01. The molecule has 1 heterocycles. The lowest BCUT2D eigenvalue weighted by atomic mass is 9.97. The Labute approximate surface area is 153 Å². The zero-order chi connectivity index (χ0) is 19.6. The number of rotatable bonds is 4. The second-order valence-corrected chi connectivity index (χ2v) is 6.26. The number of alkyl halides is 3. The van der Waals surface area contributed by atoms with Crippen LogP contribution in [-0.4, -0.2) is 41.1 Å². The van der Waals surface area contributed by atoms with Crippen LogP contribution in [0.5, 0.6) is 0 Å². The molecule has 0 aliphatic carbocycles. The molecule has 0 aromatic heterocycles. The highest BCUT2D eigenvalue weighted by Gasteiger charge is 2.48. The third-order valence-corrected chi connectivity index (χ3v) is 4.53. The number of amides is 1. The second kappa shape index (κ2) is 7.34. The summed E-state index contributed by atoms with van der Waals surface area (Å²) in [4.78, 5) is 38.2. The van der Waals surface area contributed by atoms with E-state index in [1.165, 1.54) is 18.2 Å². The Hall–Kier alpha value is -2.96. The van der Waals surface area contributed by atoms with Crippen molar-refractivity contribution < 1.29 is 27.6 Å². The van der Waals surface area contributed by atoms with Gasteiger partial charge in [0.15, 0.2) is 5.78 Å². The molecule has 3 rings (SSSR count). The summed E-state index contributed by atoms with van der Waals surface area (Å²) in [5.41, 5.74) is 0.453. The standard InChI is InChI=1S/C20H16F3NO3/c21-20(22,23)18(26)16-11-6-12-24(16)19(27)15-10-5-4-9-14(15)17(25)13-7-2-1-3-8-13/h1-5,7-10,16H,6,11-12H2. The van der Waals surface area contributed by atoms with Gasteiger partial charge >= 0.3 is 6.18 Å². The van der Waals surface area contributed by atoms with Gasteiger partial charge in [-0.1, -0.05) is 48.5 Å². The normalized spacial score (nSPS) is 17.0. The number of nitrogens with zero attached hydrogens (tertiary/aromatic N) is 1. The molecule has 4 nitrogen and oxygen atoms in total. The third-order valence-electron chi connectivity index (χ3n) is 4.53. The van der Waals surface area contributed by atoms with Gasteiger partial charge < -0.3 is 4.90 Å². The van der Waals surface area contributed by atoms with E-state index in [0.717, 1.165) is 4.90 Å². The van der Waals surface area contributed by atoms with E-state index >= 15 is 0 Å². The predicted molar refractivity (Wildman–Crippen MR) is 91.4 cm³/mol. The fourth-order valence-electron chi connectivity index (χ4n) is 3.24. The van der Waals surface area contributed by atoms with Crippen molar-refractivity contribution in [1.82, 2.24) is 4.90 Å². The summed E-state index contributed by atoms with van der Waals surface area (Å²) < 4.78 is 38.5. The van der Waals surface area contributed by atoms with Crippen molar-refractivity contribution in [2.45, 2.75) is 25.1 Å². The predicted octanol–water partition coefficient (Wildman–Crippen LogP) is 3.65. The largest absolute Gasteiger partial charge is 0.452 e. The van der Waals surface area contributed by atoms with Crippen LogP contribution in [0.4, 0.5) is 13.2 Å². The molecule has 0 N–H and O–H groups in total. The maximum atomic E-state index is 12.9. The van der Waals surface area contributed by atoms with Crippen LogP contribution in [0.2, 0.25) is 0 Å². The average molecular weight is 375 g/mol. The molecule has 1 aliphatic rings. The molecule has 27 heavy (non-hydrogen) atoms. The summed E-state index contributed by atoms with van der Waals surface area (Å²) in [5, 5.41) is 0. The number of carbonyl (C=O) groups excluding carboxylic acids is 3.